The van der Waals surface area contributed by atoms with Crippen LogP contribution in [0.4, 0.5) is 0 Å². The number of aryl methyl sites for hydroxylation is 1. The Hall–Kier alpha value is -0.430. The molecular weight excluding hydrogens is 280 g/mol. The van der Waals surface area contributed by atoms with Gasteiger partial charge < -0.3 is 5.32 Å². The molecular formula is C13H22N2O2S2. The number of sulfonamides is 1. The Balaban J connectivity index is 2.37. The minimum atomic E-state index is -3.34. The second-order valence-corrected chi connectivity index (χ2v) is 8.92. The predicted molar refractivity (Wildman–Crippen MR) is 79.0 cm³/mol. The van der Waals surface area contributed by atoms with Gasteiger partial charge in [-0.25, -0.2) is 8.42 Å². The molecule has 19 heavy (non-hydrogen) atoms. The lowest BCUT2D eigenvalue weighted by Gasteiger charge is -2.29. The average molecular weight is 302 g/mol. The molecule has 0 saturated carbocycles. The van der Waals surface area contributed by atoms with Crippen molar-refractivity contribution in [2.75, 3.05) is 13.6 Å². The van der Waals surface area contributed by atoms with Gasteiger partial charge in [-0.1, -0.05) is 0 Å². The van der Waals surface area contributed by atoms with E-state index in [1.807, 2.05) is 27.8 Å². The third-order valence-corrected chi connectivity index (χ3v) is 7.50. The van der Waals surface area contributed by atoms with Gasteiger partial charge >= 0.3 is 0 Å². The van der Waals surface area contributed by atoms with E-state index in [4.69, 9.17) is 0 Å². The standard InChI is InChI=1S/C13H22N2O2S2/c1-10-8-12(18-11(10)9-14-4)19(16,17)15-7-5-6-13(15,2)3/h8,14H,5-7,9H2,1-4H3. The van der Waals surface area contributed by atoms with Gasteiger partial charge in [0.15, 0.2) is 0 Å². The highest BCUT2D eigenvalue weighted by Gasteiger charge is 2.41. The van der Waals surface area contributed by atoms with Gasteiger partial charge in [0.2, 0.25) is 0 Å². The van der Waals surface area contributed by atoms with E-state index in [9.17, 15) is 8.42 Å². The third-order valence-electron chi connectivity index (χ3n) is 3.70. The van der Waals surface area contributed by atoms with Gasteiger partial charge in [-0.15, -0.1) is 11.3 Å². The molecule has 1 aromatic heterocycles. The molecule has 0 atom stereocenters. The van der Waals surface area contributed by atoms with Crippen molar-refractivity contribution in [3.63, 3.8) is 0 Å². The molecule has 6 heteroatoms. The zero-order valence-corrected chi connectivity index (χ0v) is 13.6. The first-order valence-electron chi connectivity index (χ1n) is 6.56. The molecule has 0 spiro atoms. The van der Waals surface area contributed by atoms with Gasteiger partial charge in [-0.05, 0) is 52.3 Å². The number of thiophene rings is 1. The molecule has 0 aliphatic carbocycles. The summed E-state index contributed by atoms with van der Waals surface area (Å²) < 4.78 is 27.6. The van der Waals surface area contributed by atoms with Crippen LogP contribution in [0.1, 0.15) is 37.1 Å². The molecule has 1 saturated heterocycles. The fourth-order valence-corrected chi connectivity index (χ4v) is 6.15. The molecule has 1 N–H and O–H groups in total. The van der Waals surface area contributed by atoms with Crippen LogP contribution in [-0.2, 0) is 16.6 Å². The number of hydrogen-bond donors (Lipinski definition) is 1. The zero-order chi connectivity index (χ0) is 14.3. The fraction of sp³-hybridized carbons (Fsp3) is 0.692. The summed E-state index contributed by atoms with van der Waals surface area (Å²) in [5, 5.41) is 3.08. The molecule has 0 aromatic carbocycles. The number of nitrogens with zero attached hydrogens (tertiary/aromatic N) is 1. The maximum Gasteiger partial charge on any atom is 0.253 e. The predicted octanol–water partition coefficient (Wildman–Crippen LogP) is 2.34. The van der Waals surface area contributed by atoms with Crippen LogP contribution in [-0.4, -0.2) is 31.9 Å². The topological polar surface area (TPSA) is 49.4 Å². The van der Waals surface area contributed by atoms with Crippen LogP contribution in [0.25, 0.3) is 0 Å². The van der Waals surface area contributed by atoms with Gasteiger partial charge in [0.05, 0.1) is 0 Å². The van der Waals surface area contributed by atoms with Gasteiger partial charge in [0.25, 0.3) is 10.0 Å². The van der Waals surface area contributed by atoms with Crippen molar-refractivity contribution in [2.24, 2.45) is 0 Å². The van der Waals surface area contributed by atoms with E-state index in [0.29, 0.717) is 10.8 Å². The van der Waals surface area contributed by atoms with Gasteiger partial charge in [0, 0.05) is 23.5 Å². The smallest absolute Gasteiger partial charge is 0.253 e. The largest absolute Gasteiger partial charge is 0.315 e. The molecule has 1 aromatic rings. The Kier molecular flexibility index (Phi) is 4.07. The molecule has 0 radical (unpaired) electrons. The van der Waals surface area contributed by atoms with E-state index in [1.165, 1.54) is 11.3 Å². The van der Waals surface area contributed by atoms with Crippen LogP contribution >= 0.6 is 11.3 Å². The number of hydrogen-bond acceptors (Lipinski definition) is 4. The Labute approximate surface area is 119 Å². The maximum atomic E-state index is 12.7. The summed E-state index contributed by atoms with van der Waals surface area (Å²) in [6.45, 7) is 7.33. The number of rotatable bonds is 4. The van der Waals surface area contributed by atoms with Gasteiger partial charge in [0.1, 0.15) is 4.21 Å². The molecule has 1 aliphatic rings. The van der Waals surface area contributed by atoms with Crippen LogP contribution in [0, 0.1) is 6.92 Å². The SMILES string of the molecule is CNCc1sc(S(=O)(=O)N2CCCC2(C)C)cc1C. The first-order valence-corrected chi connectivity index (χ1v) is 8.81. The summed E-state index contributed by atoms with van der Waals surface area (Å²) in [4.78, 5) is 1.10. The van der Waals surface area contributed by atoms with E-state index >= 15 is 0 Å². The Bertz CT molecular complexity index is 561. The van der Waals surface area contributed by atoms with Gasteiger partial charge in [-0.2, -0.15) is 4.31 Å². The average Bonchev–Trinajstić information content (AvgIpc) is 2.84. The van der Waals surface area contributed by atoms with Crippen LogP contribution in [0.15, 0.2) is 10.3 Å². The third kappa shape index (κ3) is 2.72. The Morgan fingerprint density at radius 1 is 1.47 bits per heavy atom. The second kappa shape index (κ2) is 5.16. The summed E-state index contributed by atoms with van der Waals surface area (Å²) >= 11 is 1.39. The molecule has 0 unspecified atom stereocenters. The van der Waals surface area contributed by atoms with Crippen molar-refractivity contribution in [1.82, 2.24) is 9.62 Å². The normalized spacial score (nSPS) is 20.0. The highest BCUT2D eigenvalue weighted by molar-refractivity contribution is 7.91. The van der Waals surface area contributed by atoms with Crippen molar-refractivity contribution in [3.05, 3.63) is 16.5 Å². The maximum absolute atomic E-state index is 12.7. The number of nitrogens with one attached hydrogen (secondary N) is 1. The monoisotopic (exact) mass is 302 g/mol. The zero-order valence-electron chi connectivity index (χ0n) is 12.0. The molecule has 4 nitrogen and oxygen atoms in total. The summed E-state index contributed by atoms with van der Waals surface area (Å²) in [5.41, 5.74) is 0.787. The summed E-state index contributed by atoms with van der Waals surface area (Å²) in [5.74, 6) is 0. The lowest BCUT2D eigenvalue weighted by Crippen LogP contribution is -2.42. The molecule has 2 rings (SSSR count). The fourth-order valence-electron chi connectivity index (χ4n) is 2.59. The van der Waals surface area contributed by atoms with E-state index in [0.717, 1.165) is 29.8 Å². The molecule has 0 amide bonds. The van der Waals surface area contributed by atoms with Crippen molar-refractivity contribution < 1.29 is 8.42 Å². The Morgan fingerprint density at radius 3 is 2.68 bits per heavy atom. The molecule has 2 heterocycles. The molecule has 108 valence electrons. The second-order valence-electron chi connectivity index (χ2n) is 5.70. The lowest BCUT2D eigenvalue weighted by atomic mass is 10.0. The van der Waals surface area contributed by atoms with E-state index in [2.05, 4.69) is 5.32 Å². The highest BCUT2D eigenvalue weighted by atomic mass is 32.2. The van der Waals surface area contributed by atoms with Crippen LogP contribution < -0.4 is 5.32 Å². The van der Waals surface area contributed by atoms with Crippen molar-refractivity contribution in [2.45, 2.75) is 49.9 Å². The van der Waals surface area contributed by atoms with Crippen LogP contribution in [0.3, 0.4) is 0 Å². The highest BCUT2D eigenvalue weighted by Crippen LogP contribution is 2.36. The Morgan fingerprint density at radius 2 is 2.16 bits per heavy atom. The molecule has 0 bridgehead atoms. The molecule has 1 aliphatic heterocycles. The summed E-state index contributed by atoms with van der Waals surface area (Å²) in [7, 11) is -1.47. The summed E-state index contributed by atoms with van der Waals surface area (Å²) in [6, 6.07) is 1.81. The summed E-state index contributed by atoms with van der Waals surface area (Å²) in [6.07, 6.45) is 1.87. The van der Waals surface area contributed by atoms with Gasteiger partial charge in [-0.3, -0.25) is 0 Å². The van der Waals surface area contributed by atoms with Crippen molar-refractivity contribution >= 4 is 21.4 Å². The van der Waals surface area contributed by atoms with E-state index in [1.54, 1.807) is 10.4 Å². The van der Waals surface area contributed by atoms with E-state index < -0.39 is 10.0 Å². The molecule has 1 fully saturated rings. The lowest BCUT2D eigenvalue weighted by molar-refractivity contribution is 0.292. The van der Waals surface area contributed by atoms with Crippen LogP contribution in [0.2, 0.25) is 0 Å². The first-order chi connectivity index (χ1) is 8.79. The van der Waals surface area contributed by atoms with Crippen molar-refractivity contribution in [1.29, 1.82) is 0 Å². The van der Waals surface area contributed by atoms with E-state index in [-0.39, 0.29) is 5.54 Å². The quantitative estimate of drug-likeness (QED) is 0.929. The van der Waals surface area contributed by atoms with Crippen LogP contribution in [0.5, 0.6) is 0 Å². The minimum Gasteiger partial charge on any atom is -0.315 e. The first kappa shape index (κ1) is 15.0. The van der Waals surface area contributed by atoms with Crippen molar-refractivity contribution in [3.8, 4) is 0 Å². The minimum absolute atomic E-state index is 0.264.